The van der Waals surface area contributed by atoms with Crippen LogP contribution in [0.15, 0.2) is 36.4 Å². The molecule has 0 aromatic heterocycles. The lowest BCUT2D eigenvalue weighted by Crippen LogP contribution is -2.27. The third-order valence-electron chi connectivity index (χ3n) is 3.32. The first-order valence-electron chi connectivity index (χ1n) is 6.35. The zero-order valence-corrected chi connectivity index (χ0v) is 13.2. The van der Waals surface area contributed by atoms with E-state index in [9.17, 15) is 9.50 Å². The molecule has 2 rings (SSSR count). The summed E-state index contributed by atoms with van der Waals surface area (Å²) in [6.45, 7) is 1.51. The topological polar surface area (TPSA) is 29.5 Å². The van der Waals surface area contributed by atoms with E-state index in [1.54, 1.807) is 24.3 Å². The van der Waals surface area contributed by atoms with Crippen LogP contribution in [-0.4, -0.2) is 12.2 Å². The SMILES string of the molecule is COc1cccc(F)c1C(C)(O)Cc1c(Cl)cccc1Cl. The van der Waals surface area contributed by atoms with Gasteiger partial charge < -0.3 is 9.84 Å². The Bertz CT molecular complexity index is 636. The summed E-state index contributed by atoms with van der Waals surface area (Å²) < 4.78 is 19.3. The minimum absolute atomic E-state index is 0.0722. The van der Waals surface area contributed by atoms with Crippen LogP contribution in [0.25, 0.3) is 0 Å². The van der Waals surface area contributed by atoms with Crippen molar-refractivity contribution in [1.29, 1.82) is 0 Å². The summed E-state index contributed by atoms with van der Waals surface area (Å²) in [6, 6.07) is 9.47. The lowest BCUT2D eigenvalue weighted by atomic mass is 9.88. The maximum Gasteiger partial charge on any atom is 0.133 e. The summed E-state index contributed by atoms with van der Waals surface area (Å²) >= 11 is 12.2. The van der Waals surface area contributed by atoms with E-state index in [1.807, 2.05) is 0 Å². The molecular formula is C16H15Cl2FO2. The quantitative estimate of drug-likeness (QED) is 0.889. The second-order valence-corrected chi connectivity index (χ2v) is 5.78. The first kappa shape index (κ1) is 16.1. The van der Waals surface area contributed by atoms with Gasteiger partial charge in [0.15, 0.2) is 0 Å². The monoisotopic (exact) mass is 328 g/mol. The molecule has 0 aliphatic carbocycles. The van der Waals surface area contributed by atoms with Crippen LogP contribution in [0.3, 0.4) is 0 Å². The van der Waals surface area contributed by atoms with Crippen molar-refractivity contribution in [3.63, 3.8) is 0 Å². The Hall–Kier alpha value is -1.29. The van der Waals surface area contributed by atoms with Crippen LogP contribution in [0.4, 0.5) is 4.39 Å². The summed E-state index contributed by atoms with van der Waals surface area (Å²) in [5.74, 6) is -0.259. The van der Waals surface area contributed by atoms with E-state index in [4.69, 9.17) is 27.9 Å². The van der Waals surface area contributed by atoms with Gasteiger partial charge >= 0.3 is 0 Å². The highest BCUT2D eigenvalue weighted by atomic mass is 35.5. The van der Waals surface area contributed by atoms with Crippen LogP contribution >= 0.6 is 23.2 Å². The number of hydrogen-bond donors (Lipinski definition) is 1. The van der Waals surface area contributed by atoms with Crippen molar-refractivity contribution in [2.24, 2.45) is 0 Å². The third kappa shape index (κ3) is 3.31. The van der Waals surface area contributed by atoms with E-state index in [-0.39, 0.29) is 17.7 Å². The molecule has 0 spiro atoms. The maximum atomic E-state index is 14.1. The Morgan fingerprint density at radius 2 is 1.71 bits per heavy atom. The van der Waals surface area contributed by atoms with Crippen LogP contribution < -0.4 is 4.74 Å². The van der Waals surface area contributed by atoms with E-state index in [0.717, 1.165) is 0 Å². The van der Waals surface area contributed by atoms with Gasteiger partial charge in [0.1, 0.15) is 11.6 Å². The second-order valence-electron chi connectivity index (χ2n) is 4.97. The van der Waals surface area contributed by atoms with Crippen LogP contribution in [0, 0.1) is 5.82 Å². The number of methoxy groups -OCH3 is 1. The molecule has 0 saturated carbocycles. The van der Waals surface area contributed by atoms with Crippen molar-refractivity contribution in [1.82, 2.24) is 0 Å². The number of halogens is 3. The molecule has 1 atom stereocenters. The highest BCUT2D eigenvalue weighted by Gasteiger charge is 2.32. The summed E-state index contributed by atoms with van der Waals surface area (Å²) in [7, 11) is 1.43. The fourth-order valence-corrected chi connectivity index (χ4v) is 2.86. The maximum absolute atomic E-state index is 14.1. The predicted molar refractivity (Wildman–Crippen MR) is 82.7 cm³/mol. The summed E-state index contributed by atoms with van der Waals surface area (Å²) in [4.78, 5) is 0. The van der Waals surface area contributed by atoms with E-state index in [0.29, 0.717) is 15.6 Å². The molecule has 5 heteroatoms. The largest absolute Gasteiger partial charge is 0.496 e. The molecule has 2 nitrogen and oxygen atoms in total. The lowest BCUT2D eigenvalue weighted by molar-refractivity contribution is 0.0510. The summed E-state index contributed by atoms with van der Waals surface area (Å²) in [5.41, 5.74) is -0.856. The molecular weight excluding hydrogens is 314 g/mol. The first-order chi connectivity index (χ1) is 9.86. The Morgan fingerprint density at radius 1 is 1.14 bits per heavy atom. The minimum Gasteiger partial charge on any atom is -0.496 e. The average molecular weight is 329 g/mol. The van der Waals surface area contributed by atoms with Gasteiger partial charge in [-0.05, 0) is 36.8 Å². The van der Waals surface area contributed by atoms with Crippen LogP contribution in [-0.2, 0) is 12.0 Å². The smallest absolute Gasteiger partial charge is 0.133 e. The number of benzene rings is 2. The molecule has 0 radical (unpaired) electrons. The number of hydrogen-bond acceptors (Lipinski definition) is 2. The molecule has 0 fully saturated rings. The first-order valence-corrected chi connectivity index (χ1v) is 7.10. The Balaban J connectivity index is 2.48. The molecule has 112 valence electrons. The number of rotatable bonds is 4. The number of aliphatic hydroxyl groups is 1. The third-order valence-corrected chi connectivity index (χ3v) is 4.02. The van der Waals surface area contributed by atoms with E-state index < -0.39 is 11.4 Å². The van der Waals surface area contributed by atoms with Gasteiger partial charge in [-0.2, -0.15) is 0 Å². The molecule has 0 amide bonds. The van der Waals surface area contributed by atoms with Crippen molar-refractivity contribution >= 4 is 23.2 Å². The van der Waals surface area contributed by atoms with E-state index in [1.165, 1.54) is 26.2 Å². The standard InChI is InChI=1S/C16H15Cl2FO2/c1-16(20,9-10-11(17)5-3-6-12(10)18)15-13(19)7-4-8-14(15)21-2/h3-8,20H,9H2,1-2H3. The highest BCUT2D eigenvalue weighted by Crippen LogP contribution is 2.37. The van der Waals surface area contributed by atoms with Gasteiger partial charge in [0.25, 0.3) is 0 Å². The molecule has 0 saturated heterocycles. The van der Waals surface area contributed by atoms with Gasteiger partial charge in [-0.1, -0.05) is 35.3 Å². The van der Waals surface area contributed by atoms with E-state index in [2.05, 4.69) is 0 Å². The van der Waals surface area contributed by atoms with Gasteiger partial charge in [-0.15, -0.1) is 0 Å². The van der Waals surface area contributed by atoms with Gasteiger partial charge in [0.05, 0.1) is 18.3 Å². The lowest BCUT2D eigenvalue weighted by Gasteiger charge is -2.27. The normalized spacial score (nSPS) is 13.8. The van der Waals surface area contributed by atoms with Crippen LogP contribution in [0.1, 0.15) is 18.1 Å². The Kier molecular flexibility index (Phi) is 4.77. The molecule has 2 aromatic carbocycles. The molecule has 1 N–H and O–H groups in total. The Morgan fingerprint density at radius 3 is 2.29 bits per heavy atom. The van der Waals surface area contributed by atoms with E-state index >= 15 is 0 Å². The number of ether oxygens (including phenoxy) is 1. The zero-order valence-electron chi connectivity index (χ0n) is 11.7. The van der Waals surface area contributed by atoms with Crippen molar-refractivity contribution in [2.45, 2.75) is 18.9 Å². The molecule has 2 aromatic rings. The van der Waals surface area contributed by atoms with Gasteiger partial charge in [0.2, 0.25) is 0 Å². The molecule has 0 aliphatic rings. The van der Waals surface area contributed by atoms with Crippen LogP contribution in [0.2, 0.25) is 10.0 Å². The van der Waals surface area contributed by atoms with Gasteiger partial charge in [0, 0.05) is 16.5 Å². The van der Waals surface area contributed by atoms with Crippen molar-refractivity contribution < 1.29 is 14.2 Å². The van der Waals surface area contributed by atoms with Crippen LogP contribution in [0.5, 0.6) is 5.75 Å². The fourth-order valence-electron chi connectivity index (χ4n) is 2.33. The highest BCUT2D eigenvalue weighted by molar-refractivity contribution is 6.36. The van der Waals surface area contributed by atoms with Crippen molar-refractivity contribution in [2.75, 3.05) is 7.11 Å². The van der Waals surface area contributed by atoms with Crippen molar-refractivity contribution in [3.8, 4) is 5.75 Å². The fraction of sp³-hybridized carbons (Fsp3) is 0.250. The molecule has 0 heterocycles. The predicted octanol–water partition coefficient (Wildman–Crippen LogP) is 4.59. The molecule has 0 bridgehead atoms. The second kappa shape index (κ2) is 6.22. The summed E-state index contributed by atoms with van der Waals surface area (Å²) in [5, 5.41) is 11.6. The molecule has 21 heavy (non-hydrogen) atoms. The molecule has 0 aliphatic heterocycles. The Labute approximate surface area is 133 Å². The van der Waals surface area contributed by atoms with Gasteiger partial charge in [-0.3, -0.25) is 0 Å². The van der Waals surface area contributed by atoms with Crippen molar-refractivity contribution in [3.05, 3.63) is 63.4 Å². The zero-order chi connectivity index (χ0) is 15.6. The summed E-state index contributed by atoms with van der Waals surface area (Å²) in [6.07, 6.45) is 0.0722. The minimum atomic E-state index is -1.51. The van der Waals surface area contributed by atoms with Gasteiger partial charge in [-0.25, -0.2) is 4.39 Å². The average Bonchev–Trinajstić information content (AvgIpc) is 2.42. The molecule has 1 unspecified atom stereocenters.